The molecule has 0 radical (unpaired) electrons. The van der Waals surface area contributed by atoms with E-state index >= 15 is 0 Å². The van der Waals surface area contributed by atoms with Gasteiger partial charge in [0.1, 0.15) is 11.9 Å². The van der Waals surface area contributed by atoms with Gasteiger partial charge in [0.15, 0.2) is 0 Å². The predicted octanol–water partition coefficient (Wildman–Crippen LogP) is 3.78. The van der Waals surface area contributed by atoms with E-state index in [1.54, 1.807) is 30.3 Å². The van der Waals surface area contributed by atoms with E-state index in [1.807, 2.05) is 0 Å². The second-order valence-corrected chi connectivity index (χ2v) is 6.22. The molecule has 0 aliphatic carbocycles. The molecule has 1 N–H and O–H groups in total. The van der Waals surface area contributed by atoms with E-state index in [9.17, 15) is 8.42 Å². The molecule has 0 aliphatic rings. The van der Waals surface area contributed by atoms with Crippen molar-refractivity contribution in [3.8, 4) is 5.75 Å². The van der Waals surface area contributed by atoms with Gasteiger partial charge in [-0.25, -0.2) is 0 Å². The molecule has 1 atom stereocenters. The average molecular weight is 327 g/mol. The van der Waals surface area contributed by atoms with Crippen LogP contribution in [0, 0.1) is 6.85 Å². The standard InChI is InChI=1S/C17H20O4S/c1-14-8-5-6-11-16(14)21-17(12-7-13-22(18,19)20)15-9-3-2-4-10-15/h2-6,8-11,17H,7,12-13H2,1H3,(H,18,19,20)/t17-/m1/s1/i1D3,5D,6D,8D,11D. The normalized spacial score (nSPS) is 18.0. The molecule has 2 aromatic carbocycles. The maximum Gasteiger partial charge on any atom is 0.264 e. The molecule has 0 bridgehead atoms. The summed E-state index contributed by atoms with van der Waals surface area (Å²) in [4.78, 5) is 0. The highest BCUT2D eigenvalue weighted by atomic mass is 32.2. The third-order valence-corrected chi connectivity index (χ3v) is 3.76. The summed E-state index contributed by atoms with van der Waals surface area (Å²) in [5.74, 6) is -1.03. The number of hydrogen-bond acceptors (Lipinski definition) is 3. The van der Waals surface area contributed by atoms with Gasteiger partial charge in [0.05, 0.1) is 11.2 Å². The Morgan fingerprint density at radius 3 is 2.68 bits per heavy atom. The van der Waals surface area contributed by atoms with Crippen LogP contribution in [0.5, 0.6) is 5.75 Å². The van der Waals surface area contributed by atoms with Crippen LogP contribution >= 0.6 is 0 Å². The topological polar surface area (TPSA) is 63.6 Å². The third-order valence-electron chi connectivity index (χ3n) is 2.95. The van der Waals surface area contributed by atoms with Crippen LogP contribution in [0.2, 0.25) is 0 Å². The Balaban J connectivity index is 2.52. The summed E-state index contributed by atoms with van der Waals surface area (Å²) in [6.07, 6.45) is -0.835. The minimum Gasteiger partial charge on any atom is -0.485 e. The lowest BCUT2D eigenvalue weighted by Gasteiger charge is -2.20. The molecule has 118 valence electrons. The van der Waals surface area contributed by atoms with Crippen molar-refractivity contribution in [1.82, 2.24) is 0 Å². The Bertz CT molecular complexity index is 976. The van der Waals surface area contributed by atoms with Gasteiger partial charge in [-0.15, -0.1) is 0 Å². The van der Waals surface area contributed by atoms with Gasteiger partial charge in [-0.3, -0.25) is 4.55 Å². The summed E-state index contributed by atoms with van der Waals surface area (Å²) in [7, 11) is -4.20. The molecule has 0 aromatic heterocycles. The summed E-state index contributed by atoms with van der Waals surface area (Å²) in [5, 5.41) is 0. The lowest BCUT2D eigenvalue weighted by Crippen LogP contribution is -2.11. The fourth-order valence-corrected chi connectivity index (χ4v) is 2.48. The maximum atomic E-state index is 11.0. The largest absolute Gasteiger partial charge is 0.485 e. The fourth-order valence-electron chi connectivity index (χ4n) is 1.94. The number of rotatable bonds is 7. The minimum atomic E-state index is -4.20. The van der Waals surface area contributed by atoms with E-state index in [0.29, 0.717) is 5.56 Å². The highest BCUT2D eigenvalue weighted by molar-refractivity contribution is 7.85. The van der Waals surface area contributed by atoms with Crippen molar-refractivity contribution in [1.29, 1.82) is 0 Å². The average Bonchev–Trinajstić information content (AvgIpc) is 2.62. The Morgan fingerprint density at radius 1 is 1.27 bits per heavy atom. The Kier molecular flexibility index (Phi) is 3.15. The molecule has 2 aromatic rings. The number of ether oxygens (including phenoxy) is 1. The molecule has 0 spiro atoms. The Morgan fingerprint density at radius 2 is 2.00 bits per heavy atom. The van der Waals surface area contributed by atoms with Gasteiger partial charge in [0, 0.05) is 4.11 Å². The van der Waals surface area contributed by atoms with Gasteiger partial charge < -0.3 is 4.74 Å². The molecule has 0 heterocycles. The van der Waals surface area contributed by atoms with Crippen LogP contribution in [0.4, 0.5) is 0 Å². The highest BCUT2D eigenvalue weighted by Crippen LogP contribution is 2.28. The first kappa shape index (κ1) is 9.33. The molecular formula is C17H20O4S. The van der Waals surface area contributed by atoms with Crippen molar-refractivity contribution in [3.63, 3.8) is 0 Å². The van der Waals surface area contributed by atoms with Crippen molar-refractivity contribution >= 4 is 10.1 Å². The smallest absolute Gasteiger partial charge is 0.264 e. The molecule has 22 heavy (non-hydrogen) atoms. The van der Waals surface area contributed by atoms with Gasteiger partial charge in [0.2, 0.25) is 0 Å². The van der Waals surface area contributed by atoms with E-state index in [0.717, 1.165) is 0 Å². The quantitative estimate of drug-likeness (QED) is 0.786. The van der Waals surface area contributed by atoms with Gasteiger partial charge in [-0.2, -0.15) is 8.42 Å². The maximum absolute atomic E-state index is 11.0. The van der Waals surface area contributed by atoms with Gasteiger partial charge in [-0.1, -0.05) is 48.5 Å². The summed E-state index contributed by atoms with van der Waals surface area (Å²) in [6, 6.07) is 5.79. The molecule has 5 heteroatoms. The molecule has 0 unspecified atom stereocenters. The van der Waals surface area contributed by atoms with Crippen LogP contribution in [-0.2, 0) is 10.1 Å². The van der Waals surface area contributed by atoms with Crippen LogP contribution in [0.25, 0.3) is 0 Å². The second-order valence-electron chi connectivity index (χ2n) is 4.65. The molecular weight excluding hydrogens is 300 g/mol. The van der Waals surface area contributed by atoms with Gasteiger partial charge in [0.25, 0.3) is 10.1 Å². The minimum absolute atomic E-state index is 0.00712. The third kappa shape index (κ3) is 5.16. The number of para-hydroxylation sites is 1. The zero-order valence-electron chi connectivity index (χ0n) is 18.7. The molecule has 0 fully saturated rings. The van der Waals surface area contributed by atoms with Crippen molar-refractivity contribution in [2.24, 2.45) is 0 Å². The molecule has 0 aliphatic heterocycles. The first-order chi connectivity index (χ1) is 13.3. The Labute approximate surface area is 141 Å². The zero-order valence-corrected chi connectivity index (χ0v) is 12.5. The van der Waals surface area contributed by atoms with Crippen molar-refractivity contribution in [3.05, 3.63) is 65.6 Å². The van der Waals surface area contributed by atoms with E-state index < -0.39 is 64.3 Å². The summed E-state index contributed by atoms with van der Waals surface area (Å²) in [5.41, 5.74) is -0.0778. The first-order valence-electron chi connectivity index (χ1n) is 10.1. The van der Waals surface area contributed by atoms with Crippen molar-refractivity contribution in [2.45, 2.75) is 25.8 Å². The van der Waals surface area contributed by atoms with Crippen LogP contribution in [0.3, 0.4) is 0 Å². The van der Waals surface area contributed by atoms with Crippen LogP contribution < -0.4 is 4.74 Å². The lowest BCUT2D eigenvalue weighted by molar-refractivity contribution is 0.192. The molecule has 4 nitrogen and oxygen atoms in total. The second kappa shape index (κ2) is 7.42. The monoisotopic (exact) mass is 327 g/mol. The van der Waals surface area contributed by atoms with E-state index in [1.165, 1.54) is 0 Å². The summed E-state index contributed by atoms with van der Waals surface area (Å²) >= 11 is 0. The predicted molar refractivity (Wildman–Crippen MR) is 86.6 cm³/mol. The van der Waals surface area contributed by atoms with Crippen molar-refractivity contribution in [2.75, 3.05) is 5.75 Å². The SMILES string of the molecule is [2H]c1c([2H])c([2H])c(C([2H])([2H])[2H])c(O[C@H](CCCS(=O)(=O)O)c2ccccc2)c1[2H]. The van der Waals surface area contributed by atoms with Crippen LogP contribution in [-0.4, -0.2) is 18.7 Å². The number of benzene rings is 2. The van der Waals surface area contributed by atoms with Crippen LogP contribution in [0.15, 0.2) is 54.5 Å². The zero-order chi connectivity index (χ0) is 22.0. The first-order valence-corrected chi connectivity index (χ1v) is 8.21. The summed E-state index contributed by atoms with van der Waals surface area (Å²) in [6.45, 7) is -2.86. The van der Waals surface area contributed by atoms with Gasteiger partial charge in [-0.05, 0) is 36.9 Å². The van der Waals surface area contributed by atoms with E-state index in [2.05, 4.69) is 0 Å². The fraction of sp³-hybridized carbons (Fsp3) is 0.294. The molecule has 0 amide bonds. The molecule has 0 saturated carbocycles. The molecule has 2 rings (SSSR count). The number of hydrogen-bond donors (Lipinski definition) is 1. The van der Waals surface area contributed by atoms with E-state index in [4.69, 9.17) is 18.9 Å². The highest BCUT2D eigenvalue weighted by Gasteiger charge is 2.16. The Hall–Kier alpha value is -1.85. The summed E-state index contributed by atoms with van der Waals surface area (Å²) < 4.78 is 91.4. The van der Waals surface area contributed by atoms with Crippen molar-refractivity contribution < 1.29 is 27.3 Å². The van der Waals surface area contributed by atoms with E-state index in [-0.39, 0.29) is 12.8 Å². The van der Waals surface area contributed by atoms with Gasteiger partial charge >= 0.3 is 0 Å². The lowest BCUT2D eigenvalue weighted by atomic mass is 10.0. The molecule has 0 saturated heterocycles. The van der Waals surface area contributed by atoms with Crippen LogP contribution in [0.1, 0.15) is 39.7 Å².